The van der Waals surface area contributed by atoms with Gasteiger partial charge in [-0.15, -0.1) is 5.11 Å². The lowest BCUT2D eigenvalue weighted by molar-refractivity contribution is 0.481. The van der Waals surface area contributed by atoms with Crippen LogP contribution < -0.4 is 4.90 Å². The second-order valence-corrected chi connectivity index (χ2v) is 5.12. The van der Waals surface area contributed by atoms with E-state index in [1.165, 1.54) is 11.9 Å². The van der Waals surface area contributed by atoms with E-state index in [1.54, 1.807) is 0 Å². The van der Waals surface area contributed by atoms with Crippen molar-refractivity contribution in [3.8, 4) is 0 Å². The highest BCUT2D eigenvalue weighted by atomic mass is 32.2. The Bertz CT molecular complexity index is 466. The van der Waals surface area contributed by atoms with Gasteiger partial charge >= 0.3 is 0 Å². The van der Waals surface area contributed by atoms with Gasteiger partial charge in [0.15, 0.2) is 0 Å². The molecule has 0 radical (unpaired) electrons. The van der Waals surface area contributed by atoms with E-state index >= 15 is 0 Å². The lowest BCUT2D eigenvalue weighted by atomic mass is 10.3. The first-order valence-corrected chi connectivity index (χ1v) is 6.53. The monoisotopic (exact) mass is 263 g/mol. The van der Waals surface area contributed by atoms with Gasteiger partial charge in [-0.05, 0) is 31.2 Å². The van der Waals surface area contributed by atoms with Gasteiger partial charge < -0.3 is 9.80 Å². The third kappa shape index (κ3) is 2.81. The molecule has 0 bridgehead atoms. The smallest absolute Gasteiger partial charge is 0.211 e. The number of benzene rings is 1. The molecule has 1 heterocycles. The van der Waals surface area contributed by atoms with Crippen molar-refractivity contribution in [2.45, 2.75) is 12.4 Å². The van der Waals surface area contributed by atoms with Crippen molar-refractivity contribution >= 4 is 29.2 Å². The molecule has 1 aliphatic heterocycles. The highest BCUT2D eigenvalue weighted by Crippen LogP contribution is 2.27. The van der Waals surface area contributed by atoms with E-state index in [9.17, 15) is 0 Å². The van der Waals surface area contributed by atoms with E-state index in [0.717, 1.165) is 17.2 Å². The summed E-state index contributed by atoms with van der Waals surface area (Å²) in [5.41, 5.74) is 1.97. The molecule has 0 N–H and O–H groups in total. The molecule has 6 heteroatoms. The van der Waals surface area contributed by atoms with Crippen molar-refractivity contribution in [2.24, 2.45) is 14.6 Å². The van der Waals surface area contributed by atoms with Gasteiger partial charge in [0.05, 0.1) is 5.69 Å². The van der Waals surface area contributed by atoms with Crippen molar-refractivity contribution in [3.05, 3.63) is 24.3 Å². The third-order valence-corrected chi connectivity index (χ3v) is 3.73. The van der Waals surface area contributed by atoms with Gasteiger partial charge in [0, 0.05) is 38.8 Å². The predicted octanol–water partition coefficient (Wildman–Crippen LogP) is 3.13. The van der Waals surface area contributed by atoms with Crippen LogP contribution in [0.15, 0.2) is 38.9 Å². The lowest BCUT2D eigenvalue weighted by Gasteiger charge is -2.15. The van der Waals surface area contributed by atoms with Crippen molar-refractivity contribution in [1.82, 2.24) is 4.90 Å². The largest absolute Gasteiger partial charge is 0.378 e. The molecule has 2 rings (SSSR count). The number of rotatable bonds is 3. The summed E-state index contributed by atoms with van der Waals surface area (Å²) in [6.07, 6.45) is 0. The molecule has 1 aromatic carbocycles. The molecular weight excluding hydrogens is 246 g/mol. The SMILES string of the molecule is CC1=NSC(N=Nc2ccc(N(C)C)cc2)N1C. The van der Waals surface area contributed by atoms with E-state index in [1.807, 2.05) is 57.2 Å². The summed E-state index contributed by atoms with van der Waals surface area (Å²) < 4.78 is 4.25. The van der Waals surface area contributed by atoms with Crippen LogP contribution in [0.2, 0.25) is 0 Å². The minimum absolute atomic E-state index is 0.0430. The zero-order valence-corrected chi connectivity index (χ0v) is 11.8. The van der Waals surface area contributed by atoms with Gasteiger partial charge in [0.25, 0.3) is 0 Å². The number of azo groups is 1. The first-order chi connectivity index (χ1) is 8.58. The normalized spacial score (nSPS) is 19.4. The molecule has 1 atom stereocenters. The molecule has 1 aliphatic rings. The first kappa shape index (κ1) is 12.9. The van der Waals surface area contributed by atoms with Gasteiger partial charge in [0.1, 0.15) is 5.84 Å². The van der Waals surface area contributed by atoms with Crippen LogP contribution in [0.25, 0.3) is 0 Å². The van der Waals surface area contributed by atoms with E-state index in [-0.39, 0.29) is 5.50 Å². The zero-order valence-electron chi connectivity index (χ0n) is 11.0. The van der Waals surface area contributed by atoms with Crippen LogP contribution in [0.4, 0.5) is 11.4 Å². The topological polar surface area (TPSA) is 43.6 Å². The van der Waals surface area contributed by atoms with E-state index < -0.39 is 0 Å². The summed E-state index contributed by atoms with van der Waals surface area (Å²) in [5, 5.41) is 8.53. The van der Waals surface area contributed by atoms with Gasteiger partial charge in [0.2, 0.25) is 5.50 Å². The highest BCUT2D eigenvalue weighted by Gasteiger charge is 2.21. The summed E-state index contributed by atoms with van der Waals surface area (Å²) in [5.74, 6) is 0.979. The van der Waals surface area contributed by atoms with E-state index in [0.29, 0.717) is 0 Å². The van der Waals surface area contributed by atoms with Crippen molar-refractivity contribution < 1.29 is 0 Å². The number of hydrogen-bond acceptors (Lipinski definition) is 6. The summed E-state index contributed by atoms with van der Waals surface area (Å²) in [7, 11) is 6.00. The second-order valence-electron chi connectivity index (χ2n) is 4.31. The van der Waals surface area contributed by atoms with Gasteiger partial charge in [-0.1, -0.05) is 0 Å². The Labute approximate surface area is 112 Å². The fraction of sp³-hybridized carbons (Fsp3) is 0.417. The van der Waals surface area contributed by atoms with Crippen LogP contribution in [0.1, 0.15) is 6.92 Å². The lowest BCUT2D eigenvalue weighted by Crippen LogP contribution is -2.26. The molecule has 0 saturated heterocycles. The average Bonchev–Trinajstić information content (AvgIpc) is 2.68. The Kier molecular flexibility index (Phi) is 3.86. The van der Waals surface area contributed by atoms with Crippen molar-refractivity contribution in [3.63, 3.8) is 0 Å². The molecule has 18 heavy (non-hydrogen) atoms. The van der Waals surface area contributed by atoms with Crippen LogP contribution in [0.5, 0.6) is 0 Å². The summed E-state index contributed by atoms with van der Waals surface area (Å²) in [6.45, 7) is 1.97. The molecule has 0 amide bonds. The quantitative estimate of drug-likeness (QED) is 0.621. The van der Waals surface area contributed by atoms with Crippen molar-refractivity contribution in [1.29, 1.82) is 0 Å². The highest BCUT2D eigenvalue weighted by molar-refractivity contribution is 7.99. The third-order valence-electron chi connectivity index (χ3n) is 2.76. The number of anilines is 1. The maximum absolute atomic E-state index is 4.29. The minimum atomic E-state index is -0.0430. The molecule has 1 unspecified atom stereocenters. The van der Waals surface area contributed by atoms with Crippen LogP contribution in [-0.4, -0.2) is 37.4 Å². The summed E-state index contributed by atoms with van der Waals surface area (Å²) >= 11 is 1.43. The van der Waals surface area contributed by atoms with Crippen LogP contribution >= 0.6 is 11.9 Å². The maximum atomic E-state index is 4.29. The number of amidine groups is 1. The molecule has 0 spiro atoms. The summed E-state index contributed by atoms with van der Waals surface area (Å²) in [4.78, 5) is 4.06. The molecule has 0 saturated carbocycles. The molecule has 0 fully saturated rings. The predicted molar refractivity (Wildman–Crippen MR) is 77.5 cm³/mol. The maximum Gasteiger partial charge on any atom is 0.211 e. The van der Waals surface area contributed by atoms with Gasteiger partial charge in [-0.25, -0.2) is 0 Å². The average molecular weight is 263 g/mol. The van der Waals surface area contributed by atoms with Gasteiger partial charge in [-0.2, -0.15) is 9.51 Å². The van der Waals surface area contributed by atoms with Crippen LogP contribution in [0, 0.1) is 0 Å². The van der Waals surface area contributed by atoms with E-state index in [4.69, 9.17) is 0 Å². The van der Waals surface area contributed by atoms with Crippen molar-refractivity contribution in [2.75, 3.05) is 26.0 Å². The zero-order chi connectivity index (χ0) is 13.1. The van der Waals surface area contributed by atoms with Crippen LogP contribution in [-0.2, 0) is 0 Å². The minimum Gasteiger partial charge on any atom is -0.378 e. The fourth-order valence-corrected chi connectivity index (χ4v) is 2.21. The molecule has 1 aromatic rings. The molecule has 5 nitrogen and oxygen atoms in total. The molecule has 96 valence electrons. The van der Waals surface area contributed by atoms with Gasteiger partial charge in [-0.3, -0.25) is 0 Å². The Morgan fingerprint density at radius 3 is 2.44 bits per heavy atom. The Balaban J connectivity index is 2.02. The molecular formula is C12H17N5S. The Morgan fingerprint density at radius 2 is 1.94 bits per heavy atom. The summed E-state index contributed by atoms with van der Waals surface area (Å²) in [6, 6.07) is 7.99. The number of hydrogen-bond donors (Lipinski definition) is 0. The fourth-order valence-electron chi connectivity index (χ4n) is 1.45. The molecule has 0 aromatic heterocycles. The number of nitrogens with zero attached hydrogens (tertiary/aromatic N) is 5. The van der Waals surface area contributed by atoms with E-state index in [2.05, 4.69) is 19.5 Å². The molecule has 0 aliphatic carbocycles. The second kappa shape index (κ2) is 5.39. The Hall–Kier alpha value is -1.56. The Morgan fingerprint density at radius 1 is 1.28 bits per heavy atom. The first-order valence-electron chi connectivity index (χ1n) is 5.69. The van der Waals surface area contributed by atoms with Crippen LogP contribution in [0.3, 0.4) is 0 Å². The standard InChI is InChI=1S/C12H17N5S/c1-9-15-18-12(17(9)4)14-13-10-5-7-11(8-6-10)16(2)3/h5-8,12H,1-4H3.